The Morgan fingerprint density at radius 3 is 2.00 bits per heavy atom. The number of fused-ring (bicyclic) bond motifs is 6. The van der Waals surface area contributed by atoms with Gasteiger partial charge in [0.2, 0.25) is 5.96 Å². The zero-order valence-electron chi connectivity index (χ0n) is 23.6. The average Bonchev–Trinajstić information content (AvgIpc) is 3.45. The van der Waals surface area contributed by atoms with Gasteiger partial charge in [-0.05, 0) is 58.5 Å². The van der Waals surface area contributed by atoms with Crippen LogP contribution >= 0.6 is 0 Å². The molecular formula is C38H31N3. The summed E-state index contributed by atoms with van der Waals surface area (Å²) in [5.74, 6) is 0.597. The van der Waals surface area contributed by atoms with Crippen LogP contribution in [0.3, 0.4) is 0 Å². The molecule has 0 fully saturated rings. The topological polar surface area (TPSA) is 29.6 Å². The third-order valence-corrected chi connectivity index (χ3v) is 8.38. The molecule has 0 saturated carbocycles. The highest BCUT2D eigenvalue weighted by molar-refractivity contribution is 6.18. The van der Waals surface area contributed by atoms with Crippen LogP contribution < -0.4 is 0 Å². The largest absolute Gasteiger partial charge is 0.278 e. The lowest BCUT2D eigenvalue weighted by Gasteiger charge is -2.21. The summed E-state index contributed by atoms with van der Waals surface area (Å²) in [5.41, 5.74) is 10.9. The van der Waals surface area contributed by atoms with E-state index in [9.17, 15) is 0 Å². The molecular weight excluding hydrogens is 498 g/mol. The van der Waals surface area contributed by atoms with E-state index in [1.807, 2.05) is 55.5 Å². The molecule has 6 aromatic rings. The molecule has 1 aliphatic carbocycles. The number of aromatic nitrogens is 1. The number of nitrogens with zero attached hydrogens (tertiary/aromatic N) is 3. The average molecular weight is 530 g/mol. The van der Waals surface area contributed by atoms with Crippen LogP contribution in [-0.4, -0.2) is 16.2 Å². The van der Waals surface area contributed by atoms with Crippen molar-refractivity contribution in [3.05, 3.63) is 150 Å². The third kappa shape index (κ3) is 4.05. The minimum atomic E-state index is -0.116. The Labute approximate surface area is 240 Å². The molecule has 1 aromatic heterocycles. The molecule has 198 valence electrons. The Morgan fingerprint density at radius 2 is 1.24 bits per heavy atom. The first-order chi connectivity index (χ1) is 19.9. The van der Waals surface area contributed by atoms with Crippen molar-refractivity contribution >= 4 is 39.2 Å². The third-order valence-electron chi connectivity index (χ3n) is 8.38. The number of benzene rings is 5. The van der Waals surface area contributed by atoms with Crippen molar-refractivity contribution in [1.29, 1.82) is 0 Å². The van der Waals surface area contributed by atoms with Gasteiger partial charge in [0.25, 0.3) is 0 Å². The fourth-order valence-electron chi connectivity index (χ4n) is 6.21. The Hall–Kier alpha value is -5.02. The minimum absolute atomic E-state index is 0.116. The SMILES string of the molecule is C=C(/N=C(\N=C(/C)c1ccccc1)n1c2ccccc2c2cc3c(cc21)C(C)(C)c1ccccc1-3)c1ccccc1. The Morgan fingerprint density at radius 1 is 0.610 bits per heavy atom. The number of hydrogen-bond acceptors (Lipinski definition) is 1. The number of hydrogen-bond donors (Lipinski definition) is 0. The molecule has 0 radical (unpaired) electrons. The monoisotopic (exact) mass is 529 g/mol. The number of aliphatic imine (C=N–C) groups is 2. The van der Waals surface area contributed by atoms with Crippen molar-refractivity contribution in [3.8, 4) is 11.1 Å². The zero-order chi connectivity index (χ0) is 28.1. The molecule has 41 heavy (non-hydrogen) atoms. The zero-order valence-corrected chi connectivity index (χ0v) is 23.6. The molecule has 7 rings (SSSR count). The summed E-state index contributed by atoms with van der Waals surface area (Å²) in [4.78, 5) is 10.3. The van der Waals surface area contributed by atoms with Crippen LogP contribution in [-0.2, 0) is 5.41 Å². The summed E-state index contributed by atoms with van der Waals surface area (Å²) in [6.45, 7) is 11.0. The van der Waals surface area contributed by atoms with Gasteiger partial charge in [0.15, 0.2) is 0 Å². The molecule has 0 amide bonds. The van der Waals surface area contributed by atoms with Gasteiger partial charge < -0.3 is 0 Å². The molecule has 0 aliphatic heterocycles. The molecule has 0 N–H and O–H groups in total. The van der Waals surface area contributed by atoms with Crippen molar-refractivity contribution in [2.45, 2.75) is 26.2 Å². The lowest BCUT2D eigenvalue weighted by molar-refractivity contribution is 0.661. The van der Waals surface area contributed by atoms with Crippen LogP contribution in [0.2, 0.25) is 0 Å². The van der Waals surface area contributed by atoms with Crippen LogP contribution in [0.4, 0.5) is 0 Å². The van der Waals surface area contributed by atoms with Crippen molar-refractivity contribution in [2.24, 2.45) is 9.98 Å². The van der Waals surface area contributed by atoms with Crippen LogP contribution in [0.25, 0.3) is 38.6 Å². The number of para-hydroxylation sites is 1. The van der Waals surface area contributed by atoms with E-state index in [0.29, 0.717) is 11.7 Å². The van der Waals surface area contributed by atoms with Crippen molar-refractivity contribution in [2.75, 3.05) is 0 Å². The van der Waals surface area contributed by atoms with Gasteiger partial charge in [-0.3, -0.25) is 4.57 Å². The molecule has 0 atom stereocenters. The standard InChI is InChI=1S/C38H31N3/c1-25(27-15-7-5-8-16-27)39-37(40-26(2)28-17-9-6-10-18-28)41-35-22-14-12-20-30(35)32-23-31-29-19-11-13-21-33(29)38(3,4)34(31)24-36(32)41/h5-24H,1H2,2-4H3/b39-37+,40-26+. The normalized spacial score (nSPS) is 14.3. The second-order valence-corrected chi connectivity index (χ2v) is 11.2. The highest BCUT2D eigenvalue weighted by Crippen LogP contribution is 2.50. The van der Waals surface area contributed by atoms with Gasteiger partial charge in [-0.2, -0.15) is 0 Å². The molecule has 0 spiro atoms. The van der Waals surface area contributed by atoms with Gasteiger partial charge in [0.05, 0.1) is 16.7 Å². The predicted molar refractivity (Wildman–Crippen MR) is 174 cm³/mol. The van der Waals surface area contributed by atoms with E-state index in [-0.39, 0.29) is 5.41 Å². The molecule has 0 bridgehead atoms. The molecule has 3 nitrogen and oxygen atoms in total. The van der Waals surface area contributed by atoms with Crippen LogP contribution in [0.1, 0.15) is 43.0 Å². The smallest absolute Gasteiger partial charge is 0.235 e. The minimum Gasteiger partial charge on any atom is -0.278 e. The van der Waals surface area contributed by atoms with E-state index in [4.69, 9.17) is 9.98 Å². The van der Waals surface area contributed by atoms with Gasteiger partial charge in [-0.25, -0.2) is 9.98 Å². The van der Waals surface area contributed by atoms with Gasteiger partial charge in [0, 0.05) is 21.9 Å². The summed E-state index contributed by atoms with van der Waals surface area (Å²) in [7, 11) is 0. The van der Waals surface area contributed by atoms with E-state index in [1.165, 1.54) is 33.0 Å². The lowest BCUT2D eigenvalue weighted by Crippen LogP contribution is -2.16. The summed E-state index contributed by atoms with van der Waals surface area (Å²) in [6.07, 6.45) is 0. The predicted octanol–water partition coefficient (Wildman–Crippen LogP) is 9.48. The van der Waals surface area contributed by atoms with Crippen LogP contribution in [0.5, 0.6) is 0 Å². The van der Waals surface area contributed by atoms with Crippen molar-refractivity contribution < 1.29 is 0 Å². The van der Waals surface area contributed by atoms with E-state index in [0.717, 1.165) is 27.9 Å². The van der Waals surface area contributed by atoms with E-state index in [1.54, 1.807) is 0 Å². The maximum absolute atomic E-state index is 5.19. The summed E-state index contributed by atoms with van der Waals surface area (Å²) in [5, 5.41) is 2.37. The van der Waals surface area contributed by atoms with Gasteiger partial charge in [-0.1, -0.05) is 124 Å². The summed E-state index contributed by atoms with van der Waals surface area (Å²) < 4.78 is 2.21. The van der Waals surface area contributed by atoms with Crippen molar-refractivity contribution in [3.63, 3.8) is 0 Å². The molecule has 0 saturated heterocycles. The maximum Gasteiger partial charge on any atom is 0.235 e. The van der Waals surface area contributed by atoms with E-state index in [2.05, 4.69) is 97.8 Å². The highest BCUT2D eigenvalue weighted by Gasteiger charge is 2.36. The molecule has 1 heterocycles. The summed E-state index contributed by atoms with van der Waals surface area (Å²) >= 11 is 0. The summed E-state index contributed by atoms with van der Waals surface area (Å²) in [6, 6.07) is 42.4. The molecule has 5 aromatic carbocycles. The fraction of sp³-hybridized carbons (Fsp3) is 0.105. The maximum atomic E-state index is 5.19. The Balaban J connectivity index is 1.53. The van der Waals surface area contributed by atoms with Crippen LogP contribution in [0, 0.1) is 0 Å². The van der Waals surface area contributed by atoms with E-state index >= 15 is 0 Å². The first-order valence-corrected chi connectivity index (χ1v) is 14.0. The Kier molecular flexibility index (Phi) is 5.83. The fourth-order valence-corrected chi connectivity index (χ4v) is 6.21. The number of rotatable bonds is 3. The molecule has 0 unspecified atom stereocenters. The quantitative estimate of drug-likeness (QED) is 0.161. The van der Waals surface area contributed by atoms with Gasteiger partial charge in [0.1, 0.15) is 0 Å². The Bertz CT molecular complexity index is 2020. The van der Waals surface area contributed by atoms with Gasteiger partial charge in [-0.15, -0.1) is 0 Å². The van der Waals surface area contributed by atoms with Crippen molar-refractivity contribution in [1.82, 2.24) is 4.57 Å². The second-order valence-electron chi connectivity index (χ2n) is 11.2. The second kappa shape index (κ2) is 9.57. The van der Waals surface area contributed by atoms with Gasteiger partial charge >= 0.3 is 0 Å². The highest BCUT2D eigenvalue weighted by atomic mass is 15.2. The molecule has 3 heteroatoms. The van der Waals surface area contributed by atoms with Crippen LogP contribution in [0.15, 0.2) is 138 Å². The first kappa shape index (κ1) is 25.0. The first-order valence-electron chi connectivity index (χ1n) is 14.0. The van der Waals surface area contributed by atoms with E-state index < -0.39 is 0 Å². The lowest BCUT2D eigenvalue weighted by atomic mass is 9.82. The molecule has 1 aliphatic rings.